The molecular weight excluding hydrogens is 297 g/mol. The molecule has 0 unspecified atom stereocenters. The number of aromatic nitrogens is 3. The van der Waals surface area contributed by atoms with Crippen LogP contribution in [0.5, 0.6) is 5.75 Å². The maximum Gasteiger partial charge on any atom is 0.345 e. The number of benzene rings is 1. The van der Waals surface area contributed by atoms with E-state index in [4.69, 9.17) is 4.74 Å². The molecule has 0 saturated carbocycles. The molecule has 3 heterocycles. The lowest BCUT2D eigenvalue weighted by atomic mass is 10.1. The lowest BCUT2D eigenvalue weighted by molar-refractivity contribution is 0.0736. The van der Waals surface area contributed by atoms with E-state index in [9.17, 15) is 9.18 Å². The second-order valence-electron chi connectivity index (χ2n) is 4.97. The Morgan fingerprint density at radius 1 is 1.17 bits per heavy atom. The summed E-state index contributed by atoms with van der Waals surface area (Å²) < 4.78 is 18.5. The standard InChI is InChI=1S/C17H10FN3O2/c18-10-3-1-4-11(7-10)23-17(22)12-8-20-14-9-21-13-5-2-6-19-16(13)15(12)14/h1-9,20H. The Balaban J connectivity index is 1.82. The van der Waals surface area contributed by atoms with E-state index in [1.165, 1.54) is 18.2 Å². The maximum absolute atomic E-state index is 13.2. The highest BCUT2D eigenvalue weighted by molar-refractivity contribution is 6.13. The summed E-state index contributed by atoms with van der Waals surface area (Å²) in [6.45, 7) is 0. The number of H-pyrrole nitrogens is 1. The van der Waals surface area contributed by atoms with Crippen LogP contribution in [0.4, 0.5) is 4.39 Å². The Kier molecular flexibility index (Phi) is 3.01. The van der Waals surface area contributed by atoms with Crippen LogP contribution in [-0.4, -0.2) is 20.9 Å². The van der Waals surface area contributed by atoms with Gasteiger partial charge in [0.1, 0.15) is 11.6 Å². The molecule has 0 spiro atoms. The van der Waals surface area contributed by atoms with Crippen molar-refractivity contribution in [1.29, 1.82) is 0 Å². The van der Waals surface area contributed by atoms with Crippen molar-refractivity contribution in [3.05, 3.63) is 66.4 Å². The fourth-order valence-corrected chi connectivity index (χ4v) is 2.48. The minimum absolute atomic E-state index is 0.149. The Morgan fingerprint density at radius 2 is 2.09 bits per heavy atom. The number of ether oxygens (including phenoxy) is 1. The minimum Gasteiger partial charge on any atom is -0.423 e. The molecule has 6 heteroatoms. The van der Waals surface area contributed by atoms with Crippen LogP contribution in [0.25, 0.3) is 21.9 Å². The predicted octanol–water partition coefficient (Wildman–Crippen LogP) is 3.47. The van der Waals surface area contributed by atoms with Crippen molar-refractivity contribution >= 4 is 27.9 Å². The van der Waals surface area contributed by atoms with Crippen LogP contribution in [0, 0.1) is 5.82 Å². The van der Waals surface area contributed by atoms with Crippen LogP contribution in [0.2, 0.25) is 0 Å². The number of carbonyl (C=O) groups excluding carboxylic acids is 1. The first kappa shape index (κ1) is 13.4. The lowest BCUT2D eigenvalue weighted by Gasteiger charge is -2.04. The van der Waals surface area contributed by atoms with Crippen LogP contribution in [0.1, 0.15) is 10.4 Å². The van der Waals surface area contributed by atoms with Gasteiger partial charge in [-0.1, -0.05) is 6.07 Å². The fraction of sp³-hybridized carbons (Fsp3) is 0. The number of hydrogen-bond acceptors (Lipinski definition) is 4. The van der Waals surface area contributed by atoms with Crippen LogP contribution in [0.3, 0.4) is 0 Å². The van der Waals surface area contributed by atoms with E-state index in [0.29, 0.717) is 27.5 Å². The highest BCUT2D eigenvalue weighted by Crippen LogP contribution is 2.26. The number of rotatable bonds is 2. The molecule has 0 aliphatic heterocycles. The molecule has 0 bridgehead atoms. The molecule has 23 heavy (non-hydrogen) atoms. The SMILES string of the molecule is O=C(Oc1cccc(F)c1)c1c[nH]c2cnc3cccnc3c12. The number of hydrogen-bond donors (Lipinski definition) is 1. The minimum atomic E-state index is -0.583. The second kappa shape index (κ2) is 5.17. The smallest absolute Gasteiger partial charge is 0.345 e. The van der Waals surface area contributed by atoms with Crippen LogP contribution in [0.15, 0.2) is 55.0 Å². The van der Waals surface area contributed by atoms with Crippen molar-refractivity contribution in [1.82, 2.24) is 15.0 Å². The molecule has 5 nitrogen and oxygen atoms in total. The quantitative estimate of drug-likeness (QED) is 0.455. The van der Waals surface area contributed by atoms with Gasteiger partial charge in [-0.05, 0) is 24.3 Å². The van der Waals surface area contributed by atoms with Gasteiger partial charge < -0.3 is 9.72 Å². The average Bonchev–Trinajstić information content (AvgIpc) is 2.99. The van der Waals surface area contributed by atoms with Gasteiger partial charge in [-0.2, -0.15) is 0 Å². The molecule has 1 aromatic carbocycles. The largest absolute Gasteiger partial charge is 0.423 e. The zero-order valence-electron chi connectivity index (χ0n) is 11.8. The second-order valence-corrected chi connectivity index (χ2v) is 4.97. The molecule has 1 N–H and O–H groups in total. The number of nitrogens with one attached hydrogen (secondary N) is 1. The molecule has 0 fully saturated rings. The van der Waals surface area contributed by atoms with Gasteiger partial charge in [0.25, 0.3) is 0 Å². The van der Waals surface area contributed by atoms with E-state index < -0.39 is 11.8 Å². The number of aromatic amines is 1. The van der Waals surface area contributed by atoms with E-state index in [0.717, 1.165) is 6.07 Å². The monoisotopic (exact) mass is 307 g/mol. The van der Waals surface area contributed by atoms with Crippen molar-refractivity contribution in [3.8, 4) is 5.75 Å². The van der Waals surface area contributed by atoms with Crippen molar-refractivity contribution in [2.45, 2.75) is 0 Å². The number of fused-ring (bicyclic) bond motifs is 3. The first-order valence-electron chi connectivity index (χ1n) is 6.91. The highest BCUT2D eigenvalue weighted by Gasteiger charge is 2.17. The van der Waals surface area contributed by atoms with E-state index >= 15 is 0 Å². The third kappa shape index (κ3) is 2.30. The van der Waals surface area contributed by atoms with Gasteiger partial charge in [0.15, 0.2) is 0 Å². The Hall–Kier alpha value is -3.28. The summed E-state index contributed by atoms with van der Waals surface area (Å²) in [6.07, 6.45) is 4.82. The lowest BCUT2D eigenvalue weighted by Crippen LogP contribution is -2.08. The van der Waals surface area contributed by atoms with Gasteiger partial charge in [0.2, 0.25) is 0 Å². The van der Waals surface area contributed by atoms with Gasteiger partial charge in [-0.3, -0.25) is 9.97 Å². The predicted molar refractivity (Wildman–Crippen MR) is 82.8 cm³/mol. The highest BCUT2D eigenvalue weighted by atomic mass is 19.1. The number of pyridine rings is 2. The van der Waals surface area contributed by atoms with Crippen molar-refractivity contribution in [2.24, 2.45) is 0 Å². The van der Waals surface area contributed by atoms with Gasteiger partial charge in [0.05, 0.1) is 28.3 Å². The molecular formula is C17H10FN3O2. The first-order chi connectivity index (χ1) is 11.2. The maximum atomic E-state index is 13.2. The fourth-order valence-electron chi connectivity index (χ4n) is 2.48. The summed E-state index contributed by atoms with van der Waals surface area (Å²) in [4.78, 5) is 24.0. The summed E-state index contributed by atoms with van der Waals surface area (Å²) in [5.74, 6) is -0.902. The third-order valence-corrected chi connectivity index (χ3v) is 3.49. The molecule has 112 valence electrons. The average molecular weight is 307 g/mol. The molecule has 4 aromatic rings. The Labute approximate surface area is 129 Å². The summed E-state index contributed by atoms with van der Waals surface area (Å²) in [6, 6.07) is 9.04. The molecule has 3 aromatic heterocycles. The molecule has 4 rings (SSSR count). The van der Waals surface area contributed by atoms with Gasteiger partial charge in [0, 0.05) is 23.8 Å². The van der Waals surface area contributed by atoms with Crippen molar-refractivity contribution < 1.29 is 13.9 Å². The zero-order valence-corrected chi connectivity index (χ0v) is 11.8. The van der Waals surface area contributed by atoms with Crippen molar-refractivity contribution in [3.63, 3.8) is 0 Å². The van der Waals surface area contributed by atoms with Crippen LogP contribution in [-0.2, 0) is 0 Å². The number of carbonyl (C=O) groups is 1. The van der Waals surface area contributed by atoms with E-state index in [2.05, 4.69) is 15.0 Å². The molecule has 0 aliphatic carbocycles. The summed E-state index contributed by atoms with van der Waals surface area (Å²) in [7, 11) is 0. The third-order valence-electron chi connectivity index (χ3n) is 3.49. The Morgan fingerprint density at radius 3 is 2.96 bits per heavy atom. The van der Waals surface area contributed by atoms with E-state index in [1.807, 2.05) is 6.07 Å². The number of esters is 1. The molecule has 0 atom stereocenters. The molecule has 0 radical (unpaired) electrons. The van der Waals surface area contributed by atoms with E-state index in [-0.39, 0.29) is 5.75 Å². The van der Waals surface area contributed by atoms with E-state index in [1.54, 1.807) is 24.7 Å². The topological polar surface area (TPSA) is 67.9 Å². The van der Waals surface area contributed by atoms with Crippen molar-refractivity contribution in [2.75, 3.05) is 0 Å². The zero-order chi connectivity index (χ0) is 15.8. The normalized spacial score (nSPS) is 11.0. The molecule has 0 aliphatic rings. The van der Waals surface area contributed by atoms with Gasteiger partial charge in [-0.25, -0.2) is 9.18 Å². The first-order valence-corrected chi connectivity index (χ1v) is 6.91. The molecule has 0 saturated heterocycles. The molecule has 0 amide bonds. The number of nitrogens with zero attached hydrogens (tertiary/aromatic N) is 2. The summed E-state index contributed by atoms with van der Waals surface area (Å²) >= 11 is 0. The summed E-state index contributed by atoms with van der Waals surface area (Å²) in [5, 5.41) is 0.636. The Bertz CT molecular complexity index is 1040. The number of halogens is 1. The van der Waals surface area contributed by atoms with Crippen LogP contribution >= 0.6 is 0 Å². The van der Waals surface area contributed by atoms with Gasteiger partial charge in [-0.15, -0.1) is 0 Å². The van der Waals surface area contributed by atoms with Gasteiger partial charge >= 0.3 is 5.97 Å². The van der Waals surface area contributed by atoms with Crippen LogP contribution < -0.4 is 4.74 Å². The summed E-state index contributed by atoms with van der Waals surface area (Å²) in [5.41, 5.74) is 2.30.